The van der Waals surface area contributed by atoms with Crippen molar-refractivity contribution >= 4 is 11.9 Å². The van der Waals surface area contributed by atoms with Gasteiger partial charge in [-0.3, -0.25) is 9.59 Å². The summed E-state index contributed by atoms with van der Waals surface area (Å²) in [6.45, 7) is 9.24. The van der Waals surface area contributed by atoms with Crippen molar-refractivity contribution in [3.05, 3.63) is 0 Å². The molecule has 0 amide bonds. The zero-order chi connectivity index (χ0) is 15.2. The van der Waals surface area contributed by atoms with Crippen molar-refractivity contribution in [1.29, 1.82) is 0 Å². The molecule has 1 heterocycles. The topological polar surface area (TPSA) is 61.8 Å². The lowest BCUT2D eigenvalue weighted by atomic mass is 9.80. The largest absolute Gasteiger partial charge is 0.465 e. The maximum Gasteiger partial charge on any atom is 0.323 e. The number of rotatable bonds is 6. The fourth-order valence-corrected chi connectivity index (χ4v) is 1.97. The molecule has 116 valence electrons. The highest BCUT2D eigenvalue weighted by Gasteiger charge is 2.50. The lowest BCUT2D eigenvalue weighted by Gasteiger charge is -2.32. The molecule has 1 saturated heterocycles. The van der Waals surface area contributed by atoms with E-state index in [2.05, 4.69) is 0 Å². The summed E-state index contributed by atoms with van der Waals surface area (Å²) in [6.07, 6.45) is 0.668. The molecule has 0 unspecified atom stereocenters. The molecule has 1 rings (SSSR count). The SMILES string of the molecule is CC(C)COC(=O)C1(C(=O)OCC(C)C)CCOCC1. The summed E-state index contributed by atoms with van der Waals surface area (Å²) >= 11 is 0. The van der Waals surface area contributed by atoms with Crippen molar-refractivity contribution < 1.29 is 23.8 Å². The van der Waals surface area contributed by atoms with Crippen LogP contribution in [0.2, 0.25) is 0 Å². The second-order valence-corrected chi connectivity index (χ2v) is 6.18. The van der Waals surface area contributed by atoms with E-state index in [-0.39, 0.29) is 11.8 Å². The Balaban J connectivity index is 2.74. The minimum absolute atomic E-state index is 0.238. The van der Waals surface area contributed by atoms with Gasteiger partial charge in [-0.25, -0.2) is 0 Å². The zero-order valence-corrected chi connectivity index (χ0v) is 12.9. The van der Waals surface area contributed by atoms with E-state index in [0.29, 0.717) is 39.3 Å². The van der Waals surface area contributed by atoms with Crippen LogP contribution in [0.1, 0.15) is 40.5 Å². The number of esters is 2. The van der Waals surface area contributed by atoms with Crippen LogP contribution in [-0.4, -0.2) is 38.4 Å². The Morgan fingerprint density at radius 3 is 1.70 bits per heavy atom. The van der Waals surface area contributed by atoms with Crippen molar-refractivity contribution in [3.8, 4) is 0 Å². The third kappa shape index (κ3) is 4.47. The molecular weight excluding hydrogens is 260 g/mol. The highest BCUT2D eigenvalue weighted by molar-refractivity contribution is 6.00. The van der Waals surface area contributed by atoms with Gasteiger partial charge in [-0.2, -0.15) is 0 Å². The maximum atomic E-state index is 12.3. The predicted molar refractivity (Wildman–Crippen MR) is 74.1 cm³/mol. The van der Waals surface area contributed by atoms with E-state index in [9.17, 15) is 9.59 Å². The van der Waals surface area contributed by atoms with Crippen molar-refractivity contribution in [3.63, 3.8) is 0 Å². The molecule has 0 radical (unpaired) electrons. The van der Waals surface area contributed by atoms with Crippen LogP contribution in [0.25, 0.3) is 0 Å². The number of carbonyl (C=O) groups is 2. The Kier molecular flexibility index (Phi) is 6.46. The third-order valence-electron chi connectivity index (χ3n) is 3.22. The number of hydrogen-bond acceptors (Lipinski definition) is 5. The van der Waals surface area contributed by atoms with Gasteiger partial charge in [0.15, 0.2) is 5.41 Å². The highest BCUT2D eigenvalue weighted by atomic mass is 16.6. The van der Waals surface area contributed by atoms with Gasteiger partial charge in [-0.1, -0.05) is 27.7 Å². The minimum Gasteiger partial charge on any atom is -0.465 e. The summed E-state index contributed by atoms with van der Waals surface area (Å²) in [7, 11) is 0. The normalized spacial score (nSPS) is 18.1. The zero-order valence-electron chi connectivity index (χ0n) is 12.9. The highest BCUT2D eigenvalue weighted by Crippen LogP contribution is 2.34. The Labute approximate surface area is 121 Å². The molecule has 0 bridgehead atoms. The number of ether oxygens (including phenoxy) is 3. The molecule has 5 heteroatoms. The Hall–Kier alpha value is -1.10. The van der Waals surface area contributed by atoms with Gasteiger partial charge in [0, 0.05) is 13.2 Å². The van der Waals surface area contributed by atoms with E-state index >= 15 is 0 Å². The molecule has 20 heavy (non-hydrogen) atoms. The average Bonchev–Trinajstić information content (AvgIpc) is 2.42. The van der Waals surface area contributed by atoms with Crippen LogP contribution in [0, 0.1) is 17.3 Å². The Bertz CT molecular complexity index is 303. The van der Waals surface area contributed by atoms with Gasteiger partial charge in [0.05, 0.1) is 13.2 Å². The molecule has 5 nitrogen and oxygen atoms in total. The van der Waals surface area contributed by atoms with Gasteiger partial charge >= 0.3 is 11.9 Å². The molecule has 1 fully saturated rings. The first-order valence-electron chi connectivity index (χ1n) is 7.30. The van der Waals surface area contributed by atoms with E-state index in [0.717, 1.165) is 0 Å². The molecule has 1 aliphatic heterocycles. The van der Waals surface area contributed by atoms with Crippen LogP contribution in [0.5, 0.6) is 0 Å². The molecular formula is C15H26O5. The third-order valence-corrected chi connectivity index (χ3v) is 3.22. The molecule has 1 aliphatic rings. The molecule has 0 atom stereocenters. The summed E-state index contributed by atoms with van der Waals surface area (Å²) in [5.74, 6) is -0.462. The molecule has 0 N–H and O–H groups in total. The van der Waals surface area contributed by atoms with Crippen molar-refractivity contribution in [2.75, 3.05) is 26.4 Å². The lowest BCUT2D eigenvalue weighted by molar-refractivity contribution is -0.180. The lowest BCUT2D eigenvalue weighted by Crippen LogP contribution is -2.46. The van der Waals surface area contributed by atoms with Crippen LogP contribution in [0.4, 0.5) is 0 Å². The van der Waals surface area contributed by atoms with E-state index in [1.54, 1.807) is 0 Å². The predicted octanol–water partition coefficient (Wildman–Crippen LogP) is 2.18. The summed E-state index contributed by atoms with van der Waals surface area (Å²) in [5, 5.41) is 0. The summed E-state index contributed by atoms with van der Waals surface area (Å²) in [5.41, 5.74) is -1.18. The van der Waals surface area contributed by atoms with Crippen LogP contribution in [0.15, 0.2) is 0 Å². The van der Waals surface area contributed by atoms with Gasteiger partial charge in [0.2, 0.25) is 0 Å². The van der Waals surface area contributed by atoms with E-state index in [1.165, 1.54) is 0 Å². The standard InChI is InChI=1S/C15H26O5/c1-11(2)9-19-13(16)15(5-7-18-8-6-15)14(17)20-10-12(3)4/h11-12H,5-10H2,1-4H3. The van der Waals surface area contributed by atoms with Crippen LogP contribution in [0.3, 0.4) is 0 Å². The summed E-state index contributed by atoms with van der Waals surface area (Å²) < 4.78 is 15.8. The molecule has 0 saturated carbocycles. The molecule has 0 aromatic carbocycles. The molecule has 0 aromatic rings. The molecule has 0 aromatic heterocycles. The summed E-state index contributed by atoms with van der Waals surface area (Å²) in [4.78, 5) is 24.7. The van der Waals surface area contributed by atoms with Crippen molar-refractivity contribution in [2.24, 2.45) is 17.3 Å². The first kappa shape index (κ1) is 17.0. The van der Waals surface area contributed by atoms with Gasteiger partial charge in [0.1, 0.15) is 0 Å². The van der Waals surface area contributed by atoms with Gasteiger partial charge in [-0.15, -0.1) is 0 Å². The first-order valence-corrected chi connectivity index (χ1v) is 7.30. The van der Waals surface area contributed by atoms with Gasteiger partial charge in [-0.05, 0) is 24.7 Å². The second-order valence-electron chi connectivity index (χ2n) is 6.18. The van der Waals surface area contributed by atoms with Crippen molar-refractivity contribution in [1.82, 2.24) is 0 Å². The maximum absolute atomic E-state index is 12.3. The van der Waals surface area contributed by atoms with E-state index in [4.69, 9.17) is 14.2 Å². The van der Waals surface area contributed by atoms with Crippen LogP contribution in [-0.2, 0) is 23.8 Å². The van der Waals surface area contributed by atoms with Crippen molar-refractivity contribution in [2.45, 2.75) is 40.5 Å². The minimum atomic E-state index is -1.18. The Morgan fingerprint density at radius 2 is 1.35 bits per heavy atom. The Morgan fingerprint density at radius 1 is 0.950 bits per heavy atom. The monoisotopic (exact) mass is 286 g/mol. The van der Waals surface area contributed by atoms with E-state index in [1.807, 2.05) is 27.7 Å². The van der Waals surface area contributed by atoms with Gasteiger partial charge < -0.3 is 14.2 Å². The molecule has 0 spiro atoms. The summed E-state index contributed by atoms with van der Waals surface area (Å²) in [6, 6.07) is 0. The second kappa shape index (κ2) is 7.62. The van der Waals surface area contributed by atoms with Gasteiger partial charge in [0.25, 0.3) is 0 Å². The fraction of sp³-hybridized carbons (Fsp3) is 0.867. The first-order chi connectivity index (χ1) is 9.38. The van der Waals surface area contributed by atoms with E-state index < -0.39 is 17.4 Å². The number of hydrogen-bond donors (Lipinski definition) is 0. The van der Waals surface area contributed by atoms with Crippen LogP contribution >= 0.6 is 0 Å². The number of carbonyl (C=O) groups excluding carboxylic acids is 2. The fourth-order valence-electron chi connectivity index (χ4n) is 1.97. The smallest absolute Gasteiger partial charge is 0.323 e. The van der Waals surface area contributed by atoms with Crippen LogP contribution < -0.4 is 0 Å². The average molecular weight is 286 g/mol. The molecule has 0 aliphatic carbocycles. The quantitative estimate of drug-likeness (QED) is 0.553.